The van der Waals surface area contributed by atoms with Gasteiger partial charge >= 0.3 is 0 Å². The molecular formula is C17H25NO2. The Balaban J connectivity index is 1.83. The fourth-order valence-electron chi connectivity index (χ4n) is 2.93. The fourth-order valence-corrected chi connectivity index (χ4v) is 2.93. The fraction of sp³-hybridized carbons (Fsp3) is 0.588. The number of aliphatic hydroxyl groups excluding tert-OH is 1. The van der Waals surface area contributed by atoms with Gasteiger partial charge in [0.05, 0.1) is 13.0 Å². The van der Waals surface area contributed by atoms with Crippen molar-refractivity contribution in [3.63, 3.8) is 0 Å². The number of aryl methyl sites for hydroxylation is 1. The van der Waals surface area contributed by atoms with Crippen molar-refractivity contribution in [2.75, 3.05) is 13.2 Å². The number of hydrogen-bond donors (Lipinski definition) is 2. The van der Waals surface area contributed by atoms with E-state index in [0.717, 1.165) is 31.2 Å². The zero-order valence-corrected chi connectivity index (χ0v) is 12.3. The second-order valence-electron chi connectivity index (χ2n) is 6.16. The van der Waals surface area contributed by atoms with Gasteiger partial charge in [-0.3, -0.25) is 4.79 Å². The minimum atomic E-state index is -0.0822. The number of rotatable bonds is 5. The average Bonchev–Trinajstić information content (AvgIpc) is 2.49. The zero-order valence-electron chi connectivity index (χ0n) is 12.3. The van der Waals surface area contributed by atoms with Gasteiger partial charge in [-0.05, 0) is 25.3 Å². The lowest BCUT2D eigenvalue weighted by Crippen LogP contribution is -2.41. The molecule has 1 amide bonds. The summed E-state index contributed by atoms with van der Waals surface area (Å²) in [5.41, 5.74) is 2.16. The lowest BCUT2D eigenvalue weighted by atomic mass is 9.74. The smallest absolute Gasteiger partial charge is 0.224 e. The van der Waals surface area contributed by atoms with E-state index >= 15 is 0 Å². The van der Waals surface area contributed by atoms with Gasteiger partial charge in [0, 0.05) is 12.0 Å². The SMILES string of the molecule is Cc1ccc(CC(=O)NCC2(CO)CCCCC2)cc1. The molecule has 0 unspecified atom stereocenters. The van der Waals surface area contributed by atoms with Gasteiger partial charge in [-0.15, -0.1) is 0 Å². The van der Waals surface area contributed by atoms with Gasteiger partial charge in [0.1, 0.15) is 0 Å². The van der Waals surface area contributed by atoms with Crippen LogP contribution in [0.2, 0.25) is 0 Å². The minimum absolute atomic E-state index is 0.0484. The van der Waals surface area contributed by atoms with Crippen molar-refractivity contribution >= 4 is 5.91 Å². The molecule has 3 nitrogen and oxygen atoms in total. The third kappa shape index (κ3) is 4.07. The Morgan fingerprint density at radius 2 is 1.85 bits per heavy atom. The van der Waals surface area contributed by atoms with Crippen molar-refractivity contribution in [2.45, 2.75) is 45.4 Å². The van der Waals surface area contributed by atoms with Crippen LogP contribution in [0.25, 0.3) is 0 Å². The number of nitrogens with one attached hydrogen (secondary N) is 1. The maximum Gasteiger partial charge on any atom is 0.224 e. The van der Waals surface area contributed by atoms with Gasteiger partial charge in [-0.1, -0.05) is 49.1 Å². The average molecular weight is 275 g/mol. The quantitative estimate of drug-likeness (QED) is 0.868. The highest BCUT2D eigenvalue weighted by molar-refractivity contribution is 5.78. The summed E-state index contributed by atoms with van der Waals surface area (Å²) in [6, 6.07) is 8.05. The topological polar surface area (TPSA) is 49.3 Å². The van der Waals surface area contributed by atoms with Crippen molar-refractivity contribution in [1.82, 2.24) is 5.32 Å². The number of carbonyl (C=O) groups excluding carboxylic acids is 1. The van der Waals surface area contributed by atoms with E-state index in [-0.39, 0.29) is 17.9 Å². The monoisotopic (exact) mass is 275 g/mol. The van der Waals surface area contributed by atoms with E-state index in [4.69, 9.17) is 0 Å². The van der Waals surface area contributed by atoms with E-state index in [1.165, 1.54) is 12.0 Å². The maximum atomic E-state index is 12.0. The summed E-state index contributed by atoms with van der Waals surface area (Å²) >= 11 is 0. The first kappa shape index (κ1) is 15.0. The minimum Gasteiger partial charge on any atom is -0.396 e. The molecule has 0 radical (unpaired) electrons. The first-order valence-corrected chi connectivity index (χ1v) is 7.57. The van der Waals surface area contributed by atoms with Crippen molar-refractivity contribution in [3.05, 3.63) is 35.4 Å². The molecule has 1 aromatic carbocycles. The molecule has 0 aliphatic heterocycles. The summed E-state index contributed by atoms with van der Waals surface area (Å²) < 4.78 is 0. The number of carbonyl (C=O) groups is 1. The number of amides is 1. The molecule has 1 aliphatic rings. The first-order chi connectivity index (χ1) is 9.63. The Kier molecular flexibility index (Phi) is 5.18. The highest BCUT2D eigenvalue weighted by atomic mass is 16.3. The van der Waals surface area contributed by atoms with Gasteiger partial charge < -0.3 is 10.4 Å². The Bertz CT molecular complexity index is 433. The predicted molar refractivity (Wildman–Crippen MR) is 80.5 cm³/mol. The summed E-state index contributed by atoms with van der Waals surface area (Å²) in [6.07, 6.45) is 6.03. The Hall–Kier alpha value is -1.35. The van der Waals surface area contributed by atoms with Crippen molar-refractivity contribution in [1.29, 1.82) is 0 Å². The molecule has 1 fully saturated rings. The van der Waals surface area contributed by atoms with E-state index in [1.807, 2.05) is 31.2 Å². The van der Waals surface area contributed by atoms with E-state index in [9.17, 15) is 9.90 Å². The summed E-state index contributed by atoms with van der Waals surface area (Å²) in [6.45, 7) is 2.82. The van der Waals surface area contributed by atoms with Crippen LogP contribution in [-0.2, 0) is 11.2 Å². The molecule has 110 valence electrons. The van der Waals surface area contributed by atoms with Crippen LogP contribution >= 0.6 is 0 Å². The van der Waals surface area contributed by atoms with Crippen LogP contribution < -0.4 is 5.32 Å². The predicted octanol–water partition coefficient (Wildman–Crippen LogP) is 2.60. The normalized spacial score (nSPS) is 17.7. The Labute approximate surface area is 121 Å². The third-order valence-electron chi connectivity index (χ3n) is 4.40. The van der Waals surface area contributed by atoms with Gasteiger partial charge in [-0.2, -0.15) is 0 Å². The van der Waals surface area contributed by atoms with Crippen LogP contribution in [0.15, 0.2) is 24.3 Å². The lowest BCUT2D eigenvalue weighted by molar-refractivity contribution is -0.121. The van der Waals surface area contributed by atoms with Crippen LogP contribution in [0.1, 0.15) is 43.2 Å². The Morgan fingerprint density at radius 3 is 2.45 bits per heavy atom. The zero-order chi connectivity index (χ0) is 14.4. The van der Waals surface area contributed by atoms with Gasteiger partial charge in [0.2, 0.25) is 5.91 Å². The van der Waals surface area contributed by atoms with Crippen molar-refractivity contribution in [2.24, 2.45) is 5.41 Å². The van der Waals surface area contributed by atoms with Gasteiger partial charge in [0.15, 0.2) is 0 Å². The summed E-state index contributed by atoms with van der Waals surface area (Å²) in [5.74, 6) is 0.0484. The molecule has 1 aliphatic carbocycles. The molecule has 0 spiro atoms. The van der Waals surface area contributed by atoms with E-state index in [1.54, 1.807) is 0 Å². The second-order valence-corrected chi connectivity index (χ2v) is 6.16. The molecule has 2 N–H and O–H groups in total. The highest BCUT2D eigenvalue weighted by Crippen LogP contribution is 2.35. The van der Waals surface area contributed by atoms with Gasteiger partial charge in [-0.25, -0.2) is 0 Å². The number of aliphatic hydroxyl groups is 1. The van der Waals surface area contributed by atoms with Crippen LogP contribution in [0.5, 0.6) is 0 Å². The standard InChI is InChI=1S/C17H25NO2/c1-14-5-7-15(8-6-14)11-16(20)18-12-17(13-19)9-3-2-4-10-17/h5-8,19H,2-4,9-13H2,1H3,(H,18,20). The summed E-state index contributed by atoms with van der Waals surface area (Å²) in [4.78, 5) is 12.0. The molecule has 2 rings (SSSR count). The molecule has 0 atom stereocenters. The van der Waals surface area contributed by atoms with Crippen LogP contribution in [-0.4, -0.2) is 24.2 Å². The molecule has 0 saturated heterocycles. The Morgan fingerprint density at radius 1 is 1.20 bits per heavy atom. The largest absolute Gasteiger partial charge is 0.396 e. The van der Waals surface area contributed by atoms with Crippen LogP contribution in [0, 0.1) is 12.3 Å². The first-order valence-electron chi connectivity index (χ1n) is 7.57. The van der Waals surface area contributed by atoms with Crippen LogP contribution in [0.4, 0.5) is 0 Å². The molecule has 0 heterocycles. The van der Waals surface area contributed by atoms with Gasteiger partial charge in [0.25, 0.3) is 0 Å². The summed E-state index contributed by atoms with van der Waals surface area (Å²) in [7, 11) is 0. The lowest BCUT2D eigenvalue weighted by Gasteiger charge is -2.35. The van der Waals surface area contributed by atoms with Crippen LogP contribution in [0.3, 0.4) is 0 Å². The van der Waals surface area contributed by atoms with E-state index in [0.29, 0.717) is 13.0 Å². The molecule has 0 bridgehead atoms. The van der Waals surface area contributed by atoms with Crippen molar-refractivity contribution < 1.29 is 9.90 Å². The molecule has 20 heavy (non-hydrogen) atoms. The van der Waals surface area contributed by atoms with E-state index < -0.39 is 0 Å². The second kappa shape index (κ2) is 6.89. The number of hydrogen-bond acceptors (Lipinski definition) is 2. The molecule has 1 saturated carbocycles. The molecule has 3 heteroatoms. The van der Waals surface area contributed by atoms with E-state index in [2.05, 4.69) is 5.32 Å². The highest BCUT2D eigenvalue weighted by Gasteiger charge is 2.31. The number of benzene rings is 1. The third-order valence-corrected chi connectivity index (χ3v) is 4.40. The summed E-state index contributed by atoms with van der Waals surface area (Å²) in [5, 5.41) is 12.6. The molecular weight excluding hydrogens is 250 g/mol. The van der Waals surface area contributed by atoms with Crippen molar-refractivity contribution in [3.8, 4) is 0 Å². The molecule has 1 aromatic rings. The maximum absolute atomic E-state index is 12.0. The molecule has 0 aromatic heterocycles.